The predicted octanol–water partition coefficient (Wildman–Crippen LogP) is 3.11. The Kier molecular flexibility index (Phi) is 4.62. The summed E-state index contributed by atoms with van der Waals surface area (Å²) < 4.78 is 38.0. The molecule has 0 amide bonds. The Bertz CT molecular complexity index is 928. The molecule has 1 aliphatic heterocycles. The van der Waals surface area contributed by atoms with Crippen molar-refractivity contribution < 1.29 is 13.2 Å². The minimum atomic E-state index is -4.52. The van der Waals surface area contributed by atoms with Gasteiger partial charge in [0.1, 0.15) is 17.0 Å². The molecule has 0 bridgehead atoms. The summed E-state index contributed by atoms with van der Waals surface area (Å²) in [6.07, 6.45) is -0.860. The Balaban J connectivity index is 1.49. The highest BCUT2D eigenvalue weighted by Gasteiger charge is 2.36. The molecule has 1 N–H and O–H groups in total. The SMILES string of the molecule is CCCc1cc2c(N3CCN(c4n[nH]c(C(F)(F)F)n4)CC3)ncnc2s1. The number of aromatic nitrogens is 5. The Morgan fingerprint density at radius 1 is 1.15 bits per heavy atom. The number of thiophene rings is 1. The molecule has 1 aliphatic rings. The van der Waals surface area contributed by atoms with Gasteiger partial charge in [0.2, 0.25) is 11.8 Å². The summed E-state index contributed by atoms with van der Waals surface area (Å²) in [5.41, 5.74) is 0. The van der Waals surface area contributed by atoms with E-state index in [4.69, 9.17) is 0 Å². The van der Waals surface area contributed by atoms with Crippen LogP contribution in [0.15, 0.2) is 12.4 Å². The third kappa shape index (κ3) is 3.55. The first kappa shape index (κ1) is 18.0. The van der Waals surface area contributed by atoms with Gasteiger partial charge in [-0.1, -0.05) is 13.3 Å². The topological polar surface area (TPSA) is 73.8 Å². The van der Waals surface area contributed by atoms with Crippen molar-refractivity contribution in [3.8, 4) is 0 Å². The number of rotatable bonds is 4. The number of halogens is 3. The zero-order chi connectivity index (χ0) is 19.0. The second-order valence-corrected chi connectivity index (χ2v) is 7.45. The maximum Gasteiger partial charge on any atom is 0.451 e. The number of H-pyrrole nitrogens is 1. The van der Waals surface area contributed by atoms with E-state index in [0.717, 1.165) is 28.9 Å². The van der Waals surface area contributed by atoms with Gasteiger partial charge < -0.3 is 9.80 Å². The highest BCUT2D eigenvalue weighted by molar-refractivity contribution is 7.18. The first-order valence-corrected chi connectivity index (χ1v) is 9.50. The molecule has 11 heteroatoms. The summed E-state index contributed by atoms with van der Waals surface area (Å²) in [5, 5.41) is 6.71. The van der Waals surface area contributed by atoms with Gasteiger partial charge in [-0.15, -0.1) is 16.4 Å². The van der Waals surface area contributed by atoms with Gasteiger partial charge in [0.15, 0.2) is 0 Å². The normalized spacial score (nSPS) is 15.7. The lowest BCUT2D eigenvalue weighted by Gasteiger charge is -2.34. The van der Waals surface area contributed by atoms with Crippen molar-refractivity contribution in [2.45, 2.75) is 25.9 Å². The van der Waals surface area contributed by atoms with Crippen LogP contribution in [-0.4, -0.2) is 51.3 Å². The van der Waals surface area contributed by atoms with Gasteiger partial charge in [-0.25, -0.2) is 9.97 Å². The van der Waals surface area contributed by atoms with Gasteiger partial charge in [-0.3, -0.25) is 5.10 Å². The van der Waals surface area contributed by atoms with Gasteiger partial charge in [0.05, 0.1) is 5.39 Å². The van der Waals surface area contributed by atoms with E-state index < -0.39 is 12.0 Å². The van der Waals surface area contributed by atoms with Crippen LogP contribution in [0.4, 0.5) is 24.9 Å². The van der Waals surface area contributed by atoms with Crippen LogP contribution in [0.1, 0.15) is 24.0 Å². The number of aromatic amines is 1. The molecule has 27 heavy (non-hydrogen) atoms. The van der Waals surface area contributed by atoms with Crippen molar-refractivity contribution in [3.63, 3.8) is 0 Å². The number of anilines is 2. The summed E-state index contributed by atoms with van der Waals surface area (Å²) >= 11 is 1.68. The number of nitrogens with zero attached hydrogens (tertiary/aromatic N) is 6. The molecule has 3 aromatic rings. The predicted molar refractivity (Wildman–Crippen MR) is 97.2 cm³/mol. The van der Waals surface area contributed by atoms with E-state index in [1.807, 2.05) is 5.10 Å². The molecule has 0 spiro atoms. The summed E-state index contributed by atoms with van der Waals surface area (Å²) in [7, 11) is 0. The molecule has 1 fully saturated rings. The van der Waals surface area contributed by atoms with Crippen molar-refractivity contribution in [2.24, 2.45) is 0 Å². The minimum Gasteiger partial charge on any atom is -0.352 e. The smallest absolute Gasteiger partial charge is 0.352 e. The average Bonchev–Trinajstić information content (AvgIpc) is 3.28. The van der Waals surface area contributed by atoms with Gasteiger partial charge in [0.25, 0.3) is 0 Å². The first-order chi connectivity index (χ1) is 13.0. The fourth-order valence-corrected chi connectivity index (χ4v) is 4.25. The molecule has 0 atom stereocenters. The third-order valence-corrected chi connectivity index (χ3v) is 5.56. The van der Waals surface area contributed by atoms with Crippen LogP contribution in [0.25, 0.3) is 10.2 Å². The zero-order valence-corrected chi connectivity index (χ0v) is 15.4. The van der Waals surface area contributed by atoms with Crippen LogP contribution in [0.5, 0.6) is 0 Å². The summed E-state index contributed by atoms with van der Waals surface area (Å²) in [4.78, 5) is 18.5. The average molecular weight is 397 g/mol. The molecule has 1 saturated heterocycles. The summed E-state index contributed by atoms with van der Waals surface area (Å²) in [5.74, 6) is -0.112. The highest BCUT2D eigenvalue weighted by Crippen LogP contribution is 2.32. The molecular formula is C16H18F3N7S. The summed E-state index contributed by atoms with van der Waals surface area (Å²) in [6, 6.07) is 2.15. The van der Waals surface area contributed by atoms with Crippen LogP contribution >= 0.6 is 11.3 Å². The maximum atomic E-state index is 12.7. The van der Waals surface area contributed by atoms with Crippen molar-refractivity contribution in [3.05, 3.63) is 23.1 Å². The van der Waals surface area contributed by atoms with E-state index in [2.05, 4.69) is 37.9 Å². The Labute approximate surface area is 157 Å². The number of fused-ring (bicyclic) bond motifs is 1. The van der Waals surface area contributed by atoms with Crippen molar-refractivity contribution in [2.75, 3.05) is 36.0 Å². The highest BCUT2D eigenvalue weighted by atomic mass is 32.1. The van der Waals surface area contributed by atoms with Crippen LogP contribution in [-0.2, 0) is 12.6 Å². The van der Waals surface area contributed by atoms with Crippen LogP contribution in [0.2, 0.25) is 0 Å². The fourth-order valence-electron chi connectivity index (χ4n) is 3.15. The second-order valence-electron chi connectivity index (χ2n) is 6.33. The second kappa shape index (κ2) is 6.95. The van der Waals surface area contributed by atoms with Crippen molar-refractivity contribution in [1.82, 2.24) is 25.1 Å². The Morgan fingerprint density at radius 2 is 1.89 bits per heavy atom. The van der Waals surface area contributed by atoms with Gasteiger partial charge in [-0.05, 0) is 12.5 Å². The molecule has 0 unspecified atom stereocenters. The number of piperazine rings is 1. The van der Waals surface area contributed by atoms with Gasteiger partial charge in [-0.2, -0.15) is 18.2 Å². The lowest BCUT2D eigenvalue weighted by atomic mass is 10.2. The van der Waals surface area contributed by atoms with Crippen LogP contribution < -0.4 is 9.80 Å². The molecule has 7 nitrogen and oxygen atoms in total. The van der Waals surface area contributed by atoms with Gasteiger partial charge in [0, 0.05) is 31.1 Å². The Hall–Kier alpha value is -2.43. The number of alkyl halides is 3. The first-order valence-electron chi connectivity index (χ1n) is 8.68. The molecule has 144 valence electrons. The Morgan fingerprint density at radius 3 is 2.56 bits per heavy atom. The lowest BCUT2D eigenvalue weighted by molar-refractivity contribution is -0.144. The quantitative estimate of drug-likeness (QED) is 0.729. The summed E-state index contributed by atoms with van der Waals surface area (Å²) in [6.45, 7) is 4.44. The van der Waals surface area contributed by atoms with Crippen LogP contribution in [0.3, 0.4) is 0 Å². The number of hydrogen-bond donors (Lipinski definition) is 1. The maximum absolute atomic E-state index is 12.7. The monoisotopic (exact) mass is 397 g/mol. The molecule has 3 aromatic heterocycles. The number of hydrogen-bond acceptors (Lipinski definition) is 7. The van der Waals surface area contributed by atoms with E-state index in [1.165, 1.54) is 4.88 Å². The molecule has 0 aliphatic carbocycles. The number of aryl methyl sites for hydroxylation is 1. The molecule has 4 heterocycles. The van der Waals surface area contributed by atoms with Gasteiger partial charge >= 0.3 is 6.18 Å². The molecule has 0 saturated carbocycles. The van der Waals surface area contributed by atoms with Crippen molar-refractivity contribution >= 4 is 33.3 Å². The van der Waals surface area contributed by atoms with Crippen molar-refractivity contribution in [1.29, 1.82) is 0 Å². The molecule has 4 rings (SSSR count). The van der Waals surface area contributed by atoms with Crippen LogP contribution in [0, 0.1) is 0 Å². The van der Waals surface area contributed by atoms with E-state index in [1.54, 1.807) is 22.6 Å². The van der Waals surface area contributed by atoms with E-state index in [9.17, 15) is 13.2 Å². The zero-order valence-electron chi connectivity index (χ0n) is 14.6. The fraction of sp³-hybridized carbons (Fsp3) is 0.500. The minimum absolute atomic E-state index is 0.0792. The third-order valence-electron chi connectivity index (χ3n) is 4.46. The molecule has 0 aromatic carbocycles. The molecular weight excluding hydrogens is 379 g/mol. The number of nitrogens with one attached hydrogen (secondary N) is 1. The van der Waals surface area contributed by atoms with E-state index >= 15 is 0 Å². The lowest BCUT2D eigenvalue weighted by Crippen LogP contribution is -2.47. The molecule has 0 radical (unpaired) electrons. The standard InChI is InChI=1S/C16H18F3N7S/c1-2-3-10-8-11-12(20-9-21-13(11)27-10)25-4-6-26(7-5-25)15-22-14(23-24-15)16(17,18)19/h8-9H,2-7H2,1H3,(H,22,23,24). The van der Waals surface area contributed by atoms with E-state index in [0.29, 0.717) is 26.2 Å². The largest absolute Gasteiger partial charge is 0.451 e. The van der Waals surface area contributed by atoms with E-state index in [-0.39, 0.29) is 5.95 Å².